The number of hydrogen-bond donors (Lipinski definition) is 2. The van der Waals surface area contributed by atoms with Crippen LogP contribution in [0.25, 0.3) is 5.69 Å². The SMILES string of the molecule is CN=C(NCc1ccc(C)cc1OCC1CCCO1)NCc1ccccc1-n1ccnc1.I. The Morgan fingerprint density at radius 1 is 1.18 bits per heavy atom. The molecule has 33 heavy (non-hydrogen) atoms. The van der Waals surface area contributed by atoms with Gasteiger partial charge in [-0.1, -0.05) is 30.3 Å². The number of nitrogens with one attached hydrogen (secondary N) is 2. The van der Waals surface area contributed by atoms with Crippen molar-refractivity contribution in [1.29, 1.82) is 0 Å². The number of aryl methyl sites for hydroxylation is 1. The fourth-order valence-electron chi connectivity index (χ4n) is 3.79. The predicted molar refractivity (Wildman–Crippen MR) is 142 cm³/mol. The van der Waals surface area contributed by atoms with Crippen molar-refractivity contribution in [3.8, 4) is 11.4 Å². The van der Waals surface area contributed by atoms with Crippen LogP contribution in [0, 0.1) is 6.92 Å². The first-order chi connectivity index (χ1) is 15.7. The Morgan fingerprint density at radius 3 is 2.73 bits per heavy atom. The maximum Gasteiger partial charge on any atom is 0.191 e. The molecule has 1 atom stereocenters. The third kappa shape index (κ3) is 6.94. The number of rotatable bonds is 8. The van der Waals surface area contributed by atoms with Crippen LogP contribution < -0.4 is 15.4 Å². The van der Waals surface area contributed by atoms with E-state index in [2.05, 4.69) is 57.9 Å². The number of imidazole rings is 1. The summed E-state index contributed by atoms with van der Waals surface area (Å²) in [6, 6.07) is 14.6. The molecule has 4 rings (SSSR count). The van der Waals surface area contributed by atoms with E-state index >= 15 is 0 Å². The second-order valence-electron chi connectivity index (χ2n) is 7.94. The van der Waals surface area contributed by atoms with Gasteiger partial charge in [0.1, 0.15) is 12.4 Å². The van der Waals surface area contributed by atoms with Crippen molar-refractivity contribution in [2.24, 2.45) is 4.99 Å². The van der Waals surface area contributed by atoms with Gasteiger partial charge >= 0.3 is 0 Å². The molecule has 0 spiro atoms. The molecule has 2 heterocycles. The van der Waals surface area contributed by atoms with Crippen LogP contribution >= 0.6 is 24.0 Å². The third-order valence-electron chi connectivity index (χ3n) is 5.56. The lowest BCUT2D eigenvalue weighted by atomic mass is 10.1. The van der Waals surface area contributed by atoms with Crippen molar-refractivity contribution in [2.45, 2.75) is 39.0 Å². The number of aromatic nitrogens is 2. The minimum absolute atomic E-state index is 0. The van der Waals surface area contributed by atoms with Crippen LogP contribution in [0.2, 0.25) is 0 Å². The second-order valence-corrected chi connectivity index (χ2v) is 7.94. The molecule has 2 aromatic carbocycles. The lowest BCUT2D eigenvalue weighted by Gasteiger charge is -2.17. The largest absolute Gasteiger partial charge is 0.491 e. The van der Waals surface area contributed by atoms with Gasteiger partial charge in [0.25, 0.3) is 0 Å². The zero-order chi connectivity index (χ0) is 22.2. The lowest BCUT2D eigenvalue weighted by Crippen LogP contribution is -2.36. The molecule has 1 aliphatic heterocycles. The van der Waals surface area contributed by atoms with Gasteiger partial charge in [-0.05, 0) is 43.0 Å². The number of nitrogens with zero attached hydrogens (tertiary/aromatic N) is 3. The maximum absolute atomic E-state index is 6.12. The molecule has 2 N–H and O–H groups in total. The van der Waals surface area contributed by atoms with Crippen LogP contribution in [0.5, 0.6) is 5.75 Å². The van der Waals surface area contributed by atoms with Crippen LogP contribution in [-0.4, -0.2) is 41.9 Å². The number of benzene rings is 2. The summed E-state index contributed by atoms with van der Waals surface area (Å²) in [4.78, 5) is 8.54. The second kappa shape index (κ2) is 12.6. The number of para-hydroxylation sites is 1. The first-order valence-electron chi connectivity index (χ1n) is 11.1. The van der Waals surface area contributed by atoms with Gasteiger partial charge in [-0.25, -0.2) is 4.98 Å². The summed E-state index contributed by atoms with van der Waals surface area (Å²) in [5.41, 5.74) is 4.52. The molecule has 1 saturated heterocycles. The molecule has 0 amide bonds. The van der Waals surface area contributed by atoms with E-state index in [1.807, 2.05) is 22.9 Å². The van der Waals surface area contributed by atoms with Gasteiger partial charge in [0.2, 0.25) is 0 Å². The zero-order valence-electron chi connectivity index (χ0n) is 19.2. The highest BCUT2D eigenvalue weighted by atomic mass is 127. The number of halogens is 1. The van der Waals surface area contributed by atoms with Crippen molar-refractivity contribution in [3.63, 3.8) is 0 Å². The van der Waals surface area contributed by atoms with Crippen molar-refractivity contribution in [1.82, 2.24) is 20.2 Å². The average Bonchev–Trinajstić information content (AvgIpc) is 3.53. The molecule has 3 aromatic rings. The molecule has 8 heteroatoms. The van der Waals surface area contributed by atoms with Crippen molar-refractivity contribution in [3.05, 3.63) is 77.9 Å². The molecule has 7 nitrogen and oxygen atoms in total. The van der Waals surface area contributed by atoms with Gasteiger partial charge in [-0.2, -0.15) is 0 Å². The molecule has 1 aliphatic rings. The highest BCUT2D eigenvalue weighted by molar-refractivity contribution is 14.0. The number of ether oxygens (including phenoxy) is 2. The van der Waals surface area contributed by atoms with Crippen LogP contribution in [0.1, 0.15) is 29.5 Å². The highest BCUT2D eigenvalue weighted by Crippen LogP contribution is 2.22. The zero-order valence-corrected chi connectivity index (χ0v) is 21.5. The number of guanidine groups is 1. The fraction of sp³-hybridized carbons (Fsp3) is 0.360. The van der Waals surface area contributed by atoms with Crippen LogP contribution in [0.3, 0.4) is 0 Å². The van der Waals surface area contributed by atoms with Gasteiger partial charge in [0.15, 0.2) is 5.96 Å². The summed E-state index contributed by atoms with van der Waals surface area (Å²) in [7, 11) is 1.78. The molecule has 0 aliphatic carbocycles. The number of aliphatic imine (C=N–C) groups is 1. The fourth-order valence-corrected chi connectivity index (χ4v) is 3.79. The summed E-state index contributed by atoms with van der Waals surface area (Å²) < 4.78 is 13.8. The first-order valence-corrected chi connectivity index (χ1v) is 11.1. The van der Waals surface area contributed by atoms with Gasteiger partial charge < -0.3 is 24.7 Å². The Labute approximate surface area is 212 Å². The molecule has 1 fully saturated rings. The van der Waals surface area contributed by atoms with Gasteiger partial charge in [-0.15, -0.1) is 24.0 Å². The van der Waals surface area contributed by atoms with E-state index in [4.69, 9.17) is 9.47 Å². The van der Waals surface area contributed by atoms with Crippen LogP contribution in [0.15, 0.2) is 66.2 Å². The third-order valence-corrected chi connectivity index (χ3v) is 5.56. The van der Waals surface area contributed by atoms with E-state index in [1.165, 1.54) is 5.56 Å². The molecule has 0 bridgehead atoms. The van der Waals surface area contributed by atoms with Crippen LogP contribution in [0.4, 0.5) is 0 Å². The Morgan fingerprint density at radius 2 is 2.00 bits per heavy atom. The van der Waals surface area contributed by atoms with Crippen molar-refractivity contribution >= 4 is 29.9 Å². The highest BCUT2D eigenvalue weighted by Gasteiger charge is 2.17. The molecule has 176 valence electrons. The van der Waals surface area contributed by atoms with E-state index in [1.54, 1.807) is 19.6 Å². The first kappa shape index (κ1) is 25.0. The number of hydrogen-bond acceptors (Lipinski definition) is 4. The molecule has 1 aromatic heterocycles. The van der Waals surface area contributed by atoms with Crippen molar-refractivity contribution in [2.75, 3.05) is 20.3 Å². The van der Waals surface area contributed by atoms with E-state index in [-0.39, 0.29) is 30.1 Å². The Balaban J connectivity index is 0.00000306. The Bertz CT molecular complexity index is 1030. The molecular weight excluding hydrogens is 529 g/mol. The van der Waals surface area contributed by atoms with Gasteiger partial charge in [0, 0.05) is 44.7 Å². The minimum Gasteiger partial charge on any atom is -0.491 e. The summed E-state index contributed by atoms with van der Waals surface area (Å²) in [6.07, 6.45) is 7.91. The Hall–Kier alpha value is -2.59. The van der Waals surface area contributed by atoms with E-state index in [0.717, 1.165) is 48.0 Å². The summed E-state index contributed by atoms with van der Waals surface area (Å²) in [5, 5.41) is 6.82. The quantitative estimate of drug-likeness (QED) is 0.245. The summed E-state index contributed by atoms with van der Waals surface area (Å²) in [5.74, 6) is 1.63. The monoisotopic (exact) mass is 561 g/mol. The molecule has 0 saturated carbocycles. The van der Waals surface area contributed by atoms with E-state index in [9.17, 15) is 0 Å². The van der Waals surface area contributed by atoms with Gasteiger partial charge in [-0.3, -0.25) is 4.99 Å². The summed E-state index contributed by atoms with van der Waals surface area (Å²) >= 11 is 0. The van der Waals surface area contributed by atoms with Crippen molar-refractivity contribution < 1.29 is 9.47 Å². The topological polar surface area (TPSA) is 72.7 Å². The standard InChI is InChI=1S/C25H31N5O2.HI/c1-19-9-10-21(24(14-19)32-17-22-7-5-13-31-22)16-29-25(26-2)28-15-20-6-3-4-8-23(20)30-12-11-27-18-30;/h3-4,6,8-12,14,18,22H,5,7,13,15-17H2,1-2H3,(H2,26,28,29);1H. The predicted octanol–water partition coefficient (Wildman–Crippen LogP) is 4.22. The normalized spacial score (nSPS) is 15.7. The Kier molecular flexibility index (Phi) is 9.56. The smallest absolute Gasteiger partial charge is 0.191 e. The summed E-state index contributed by atoms with van der Waals surface area (Å²) in [6.45, 7) is 4.76. The van der Waals surface area contributed by atoms with Gasteiger partial charge in [0.05, 0.1) is 18.1 Å². The van der Waals surface area contributed by atoms with E-state index < -0.39 is 0 Å². The van der Waals surface area contributed by atoms with E-state index in [0.29, 0.717) is 19.7 Å². The molecule has 1 unspecified atom stereocenters. The lowest BCUT2D eigenvalue weighted by molar-refractivity contribution is 0.0676. The average molecular weight is 561 g/mol. The molecule has 0 radical (unpaired) electrons. The maximum atomic E-state index is 6.12. The minimum atomic E-state index is 0. The van der Waals surface area contributed by atoms with Crippen LogP contribution in [-0.2, 0) is 17.8 Å². The molecular formula is C25H32IN5O2.